The molecular formula is C27H39N5O2. The van der Waals surface area contributed by atoms with Crippen molar-refractivity contribution in [3.8, 4) is 5.75 Å². The van der Waals surface area contributed by atoms with Gasteiger partial charge in [0.1, 0.15) is 11.6 Å². The molecule has 0 unspecified atom stereocenters. The van der Waals surface area contributed by atoms with Gasteiger partial charge in [0.2, 0.25) is 0 Å². The Morgan fingerprint density at radius 1 is 1.15 bits per heavy atom. The van der Waals surface area contributed by atoms with Gasteiger partial charge in [-0.1, -0.05) is 43.2 Å². The van der Waals surface area contributed by atoms with E-state index < -0.39 is 0 Å². The zero-order valence-electron chi connectivity index (χ0n) is 21.1. The molecule has 7 nitrogen and oxygen atoms in total. The average Bonchev–Trinajstić information content (AvgIpc) is 3.11. The predicted molar refractivity (Wildman–Crippen MR) is 134 cm³/mol. The minimum absolute atomic E-state index is 0.0191. The van der Waals surface area contributed by atoms with Crippen LogP contribution in [0.3, 0.4) is 0 Å². The number of nitrogens with one attached hydrogen (secondary N) is 1. The van der Waals surface area contributed by atoms with Crippen LogP contribution in [-0.4, -0.2) is 51.8 Å². The molecule has 7 heteroatoms. The van der Waals surface area contributed by atoms with E-state index in [1.807, 2.05) is 37.3 Å². The SMILES string of the molecule is CC1=C(CCN2CCc3nnc([C@H](C)NC(=O)COc4ccccc4)n3CC2)C(C)(C)CCC1. The Hall–Kier alpha value is -2.67. The maximum absolute atomic E-state index is 12.4. The summed E-state index contributed by atoms with van der Waals surface area (Å²) in [5.74, 6) is 2.34. The van der Waals surface area contributed by atoms with Crippen LogP contribution in [0.5, 0.6) is 5.75 Å². The summed E-state index contributed by atoms with van der Waals surface area (Å²) in [7, 11) is 0. The summed E-state index contributed by atoms with van der Waals surface area (Å²) >= 11 is 0. The van der Waals surface area contributed by atoms with Crippen molar-refractivity contribution >= 4 is 5.91 Å². The molecule has 1 aliphatic heterocycles. The summed E-state index contributed by atoms with van der Waals surface area (Å²) in [6.45, 7) is 13.0. The van der Waals surface area contributed by atoms with E-state index in [-0.39, 0.29) is 18.6 Å². The van der Waals surface area contributed by atoms with Gasteiger partial charge in [0, 0.05) is 32.6 Å². The van der Waals surface area contributed by atoms with Gasteiger partial charge in [0.15, 0.2) is 12.4 Å². The number of ether oxygens (including phenoxy) is 1. The molecule has 0 fully saturated rings. The molecular weight excluding hydrogens is 426 g/mol. The monoisotopic (exact) mass is 465 g/mol. The number of benzene rings is 1. The fourth-order valence-electron chi connectivity index (χ4n) is 5.44. The quantitative estimate of drug-likeness (QED) is 0.588. The van der Waals surface area contributed by atoms with Crippen LogP contribution in [0.2, 0.25) is 0 Å². The number of hydrogen-bond acceptors (Lipinski definition) is 5. The van der Waals surface area contributed by atoms with Crippen molar-refractivity contribution in [1.29, 1.82) is 0 Å². The van der Waals surface area contributed by atoms with Gasteiger partial charge in [0.05, 0.1) is 6.04 Å². The molecule has 1 aromatic carbocycles. The summed E-state index contributed by atoms with van der Waals surface area (Å²) in [4.78, 5) is 15.0. The number of nitrogens with zero attached hydrogens (tertiary/aromatic N) is 4. The minimum atomic E-state index is -0.226. The predicted octanol–water partition coefficient (Wildman–Crippen LogP) is 4.31. The van der Waals surface area contributed by atoms with Gasteiger partial charge in [-0.05, 0) is 57.1 Å². The Balaban J connectivity index is 1.31. The van der Waals surface area contributed by atoms with Crippen LogP contribution in [0.4, 0.5) is 0 Å². The Bertz CT molecular complexity index is 1010. The van der Waals surface area contributed by atoms with E-state index in [0.29, 0.717) is 11.2 Å². The Morgan fingerprint density at radius 3 is 2.71 bits per heavy atom. The summed E-state index contributed by atoms with van der Waals surface area (Å²) in [6, 6.07) is 9.15. The highest BCUT2D eigenvalue weighted by molar-refractivity contribution is 5.77. The summed E-state index contributed by atoms with van der Waals surface area (Å²) in [6.07, 6.45) is 5.90. The molecule has 2 heterocycles. The maximum Gasteiger partial charge on any atom is 0.258 e. The highest BCUT2D eigenvalue weighted by Gasteiger charge is 2.29. The number of aromatic nitrogens is 3. The highest BCUT2D eigenvalue weighted by Crippen LogP contribution is 2.41. The van der Waals surface area contributed by atoms with E-state index in [1.54, 1.807) is 11.1 Å². The molecule has 0 spiro atoms. The molecule has 1 atom stereocenters. The Labute approximate surface area is 203 Å². The largest absolute Gasteiger partial charge is 0.484 e. The van der Waals surface area contributed by atoms with Gasteiger partial charge in [-0.2, -0.15) is 0 Å². The molecule has 1 aliphatic carbocycles. The lowest BCUT2D eigenvalue weighted by Crippen LogP contribution is -2.33. The summed E-state index contributed by atoms with van der Waals surface area (Å²) < 4.78 is 7.76. The molecule has 184 valence electrons. The van der Waals surface area contributed by atoms with Crippen LogP contribution in [0.1, 0.15) is 71.1 Å². The topological polar surface area (TPSA) is 72.3 Å². The van der Waals surface area contributed by atoms with Gasteiger partial charge >= 0.3 is 0 Å². The number of para-hydroxylation sites is 1. The number of carbonyl (C=O) groups excluding carboxylic acids is 1. The lowest BCUT2D eigenvalue weighted by atomic mass is 9.71. The second-order valence-electron chi connectivity index (χ2n) is 10.4. The van der Waals surface area contributed by atoms with E-state index in [0.717, 1.165) is 50.7 Å². The molecule has 34 heavy (non-hydrogen) atoms. The van der Waals surface area contributed by atoms with E-state index in [2.05, 4.69) is 45.8 Å². The van der Waals surface area contributed by atoms with Crippen LogP contribution >= 0.6 is 0 Å². The molecule has 0 saturated carbocycles. The normalized spacial score (nSPS) is 19.3. The van der Waals surface area contributed by atoms with Gasteiger partial charge in [0.25, 0.3) is 5.91 Å². The van der Waals surface area contributed by atoms with Crippen molar-refractivity contribution in [2.45, 2.75) is 72.4 Å². The van der Waals surface area contributed by atoms with Gasteiger partial charge in [-0.15, -0.1) is 10.2 Å². The van der Waals surface area contributed by atoms with Crippen molar-refractivity contribution in [2.75, 3.05) is 26.2 Å². The van der Waals surface area contributed by atoms with E-state index in [1.165, 1.54) is 19.3 Å². The van der Waals surface area contributed by atoms with Gasteiger partial charge in [-0.25, -0.2) is 0 Å². The highest BCUT2D eigenvalue weighted by atomic mass is 16.5. The molecule has 4 rings (SSSR count). The molecule has 0 radical (unpaired) electrons. The molecule has 1 aromatic heterocycles. The minimum Gasteiger partial charge on any atom is -0.484 e. The van der Waals surface area contributed by atoms with Gasteiger partial charge < -0.3 is 19.5 Å². The fourth-order valence-corrected chi connectivity index (χ4v) is 5.44. The zero-order valence-corrected chi connectivity index (χ0v) is 21.1. The number of rotatable bonds is 8. The van der Waals surface area contributed by atoms with Crippen molar-refractivity contribution in [2.24, 2.45) is 5.41 Å². The van der Waals surface area contributed by atoms with Crippen molar-refractivity contribution in [3.63, 3.8) is 0 Å². The first-order valence-corrected chi connectivity index (χ1v) is 12.6. The number of allylic oxidation sites excluding steroid dienone is 1. The van der Waals surface area contributed by atoms with Crippen LogP contribution in [-0.2, 0) is 17.8 Å². The number of amides is 1. The zero-order chi connectivity index (χ0) is 24.1. The smallest absolute Gasteiger partial charge is 0.258 e. The third-order valence-electron chi connectivity index (χ3n) is 7.39. The Kier molecular flexibility index (Phi) is 7.71. The maximum atomic E-state index is 12.4. The summed E-state index contributed by atoms with van der Waals surface area (Å²) in [5, 5.41) is 11.9. The molecule has 0 saturated heterocycles. The van der Waals surface area contributed by atoms with Crippen molar-refractivity contribution in [3.05, 3.63) is 53.1 Å². The third-order valence-corrected chi connectivity index (χ3v) is 7.39. The van der Waals surface area contributed by atoms with E-state index in [4.69, 9.17) is 4.74 Å². The first kappa shape index (κ1) is 24.5. The third kappa shape index (κ3) is 5.87. The number of fused-ring (bicyclic) bond motifs is 1. The molecule has 1 N–H and O–H groups in total. The molecule has 0 bridgehead atoms. The van der Waals surface area contributed by atoms with Crippen molar-refractivity contribution in [1.82, 2.24) is 25.0 Å². The lowest BCUT2D eigenvalue weighted by Gasteiger charge is -2.35. The second-order valence-corrected chi connectivity index (χ2v) is 10.4. The van der Waals surface area contributed by atoms with Crippen LogP contribution in [0.15, 0.2) is 41.5 Å². The standard InChI is InChI=1S/C27H39N5O2/c1-20-9-8-14-27(3,4)23(20)12-15-31-16-13-24-29-30-26(32(24)18-17-31)21(2)28-25(33)19-34-22-10-6-5-7-11-22/h5-7,10-11,21H,8-9,12-19H2,1-4H3,(H,28,33)/t21-/m0/s1. The molecule has 1 amide bonds. The molecule has 2 aliphatic rings. The van der Waals surface area contributed by atoms with E-state index >= 15 is 0 Å². The number of hydrogen-bond donors (Lipinski definition) is 1. The average molecular weight is 466 g/mol. The Morgan fingerprint density at radius 2 is 1.94 bits per heavy atom. The van der Waals surface area contributed by atoms with Crippen molar-refractivity contribution < 1.29 is 9.53 Å². The first-order valence-electron chi connectivity index (χ1n) is 12.6. The molecule has 2 aromatic rings. The first-order chi connectivity index (χ1) is 16.3. The second kappa shape index (κ2) is 10.7. The van der Waals surface area contributed by atoms with Crippen LogP contribution in [0, 0.1) is 5.41 Å². The van der Waals surface area contributed by atoms with Gasteiger partial charge in [-0.3, -0.25) is 4.79 Å². The fraction of sp³-hybridized carbons (Fsp3) is 0.593. The van der Waals surface area contributed by atoms with Crippen LogP contribution in [0.25, 0.3) is 0 Å². The summed E-state index contributed by atoms with van der Waals surface area (Å²) in [5.41, 5.74) is 3.60. The number of carbonyl (C=O) groups is 1. The van der Waals surface area contributed by atoms with E-state index in [9.17, 15) is 4.79 Å². The van der Waals surface area contributed by atoms with Crippen LogP contribution < -0.4 is 10.1 Å². The lowest BCUT2D eigenvalue weighted by molar-refractivity contribution is -0.123.